The number of anilines is 1. The highest BCUT2D eigenvalue weighted by molar-refractivity contribution is 7.80. The molecular formula is C11H15NS. The number of hydrogen-bond acceptors (Lipinski definition) is 1. The van der Waals surface area contributed by atoms with Crippen LogP contribution in [0.3, 0.4) is 0 Å². The Hall–Kier alpha value is -0.890. The van der Waals surface area contributed by atoms with Crippen molar-refractivity contribution in [3.8, 4) is 0 Å². The Labute approximate surface area is 85.4 Å². The molecule has 1 aromatic rings. The maximum absolute atomic E-state index is 5.19. The van der Waals surface area contributed by atoms with Crippen molar-refractivity contribution >= 4 is 22.9 Å². The van der Waals surface area contributed by atoms with Crippen molar-refractivity contribution in [2.45, 2.75) is 20.3 Å². The predicted molar refractivity (Wildman–Crippen MR) is 62.4 cm³/mol. The number of rotatable bonds is 3. The molecular weight excluding hydrogens is 178 g/mol. The van der Waals surface area contributed by atoms with Crippen molar-refractivity contribution in [1.29, 1.82) is 0 Å². The molecule has 0 aliphatic carbocycles. The molecule has 13 heavy (non-hydrogen) atoms. The van der Waals surface area contributed by atoms with Gasteiger partial charge < -0.3 is 4.90 Å². The van der Waals surface area contributed by atoms with Crippen molar-refractivity contribution < 1.29 is 0 Å². The molecule has 1 rings (SSSR count). The first-order valence-corrected chi connectivity index (χ1v) is 4.99. The summed E-state index contributed by atoms with van der Waals surface area (Å²) < 4.78 is 0. The molecule has 0 aromatic heterocycles. The van der Waals surface area contributed by atoms with E-state index in [1.807, 2.05) is 25.1 Å². The van der Waals surface area contributed by atoms with Crippen molar-refractivity contribution in [2.24, 2.45) is 0 Å². The van der Waals surface area contributed by atoms with Crippen molar-refractivity contribution in [3.05, 3.63) is 30.3 Å². The predicted octanol–water partition coefficient (Wildman–Crippen LogP) is 3.25. The Kier molecular flexibility index (Phi) is 3.90. The Morgan fingerprint density at radius 3 is 2.38 bits per heavy atom. The first-order chi connectivity index (χ1) is 6.25. The summed E-state index contributed by atoms with van der Waals surface area (Å²) in [5.74, 6) is 0. The fourth-order valence-corrected chi connectivity index (χ4v) is 1.50. The lowest BCUT2D eigenvalue weighted by molar-refractivity contribution is 0.907. The number of para-hydroxylation sites is 1. The van der Waals surface area contributed by atoms with E-state index in [4.69, 9.17) is 12.2 Å². The Bertz CT molecular complexity index is 269. The average molecular weight is 193 g/mol. The minimum atomic E-state index is 0.938. The van der Waals surface area contributed by atoms with E-state index in [2.05, 4.69) is 24.0 Å². The van der Waals surface area contributed by atoms with Crippen molar-refractivity contribution in [1.82, 2.24) is 0 Å². The van der Waals surface area contributed by atoms with Crippen LogP contribution < -0.4 is 4.90 Å². The second-order valence-electron chi connectivity index (χ2n) is 3.01. The number of hydrogen-bond donors (Lipinski definition) is 0. The van der Waals surface area contributed by atoms with Crippen LogP contribution in [-0.4, -0.2) is 11.5 Å². The standard InChI is InChI=1S/C11H15NS/c1-3-9-12(10(2)13)11-7-5-4-6-8-11/h4-8H,3,9H2,1-2H3. The summed E-state index contributed by atoms with van der Waals surface area (Å²) in [4.78, 5) is 3.10. The SMILES string of the molecule is CCCN(C(C)=S)c1ccccc1. The number of nitrogens with zero attached hydrogens (tertiary/aromatic N) is 1. The lowest BCUT2D eigenvalue weighted by atomic mass is 10.3. The van der Waals surface area contributed by atoms with E-state index in [0.717, 1.165) is 18.0 Å². The van der Waals surface area contributed by atoms with Crippen molar-refractivity contribution in [3.63, 3.8) is 0 Å². The van der Waals surface area contributed by atoms with Crippen LogP contribution in [0.15, 0.2) is 30.3 Å². The lowest BCUT2D eigenvalue weighted by Gasteiger charge is -2.22. The van der Waals surface area contributed by atoms with E-state index >= 15 is 0 Å². The van der Waals surface area contributed by atoms with E-state index < -0.39 is 0 Å². The van der Waals surface area contributed by atoms with Crippen LogP contribution in [0, 0.1) is 0 Å². The summed E-state index contributed by atoms with van der Waals surface area (Å²) in [6, 6.07) is 10.3. The van der Waals surface area contributed by atoms with Gasteiger partial charge in [0.1, 0.15) is 0 Å². The molecule has 0 fully saturated rings. The molecule has 0 atom stereocenters. The summed E-state index contributed by atoms with van der Waals surface area (Å²) >= 11 is 5.19. The van der Waals surface area contributed by atoms with Gasteiger partial charge in [-0.15, -0.1) is 0 Å². The summed E-state index contributed by atoms with van der Waals surface area (Å²) in [7, 11) is 0. The molecule has 70 valence electrons. The Morgan fingerprint density at radius 1 is 1.31 bits per heavy atom. The molecule has 0 N–H and O–H groups in total. The van der Waals surface area contributed by atoms with Gasteiger partial charge >= 0.3 is 0 Å². The molecule has 0 saturated carbocycles. The minimum Gasteiger partial charge on any atom is -0.336 e. The Morgan fingerprint density at radius 2 is 1.92 bits per heavy atom. The molecule has 0 spiro atoms. The zero-order chi connectivity index (χ0) is 9.68. The van der Waals surface area contributed by atoms with E-state index in [0.29, 0.717) is 0 Å². The maximum Gasteiger partial charge on any atom is 0.0792 e. The molecule has 0 unspecified atom stereocenters. The third-order valence-electron chi connectivity index (χ3n) is 1.90. The fraction of sp³-hybridized carbons (Fsp3) is 0.364. The maximum atomic E-state index is 5.19. The zero-order valence-electron chi connectivity index (χ0n) is 8.16. The molecule has 0 heterocycles. The van der Waals surface area contributed by atoms with Crippen LogP contribution in [0.2, 0.25) is 0 Å². The summed E-state index contributed by atoms with van der Waals surface area (Å²) in [5, 5.41) is 0. The summed E-state index contributed by atoms with van der Waals surface area (Å²) in [5.41, 5.74) is 1.19. The smallest absolute Gasteiger partial charge is 0.0792 e. The van der Waals surface area contributed by atoms with Gasteiger partial charge in [0.05, 0.1) is 4.99 Å². The highest BCUT2D eigenvalue weighted by atomic mass is 32.1. The van der Waals surface area contributed by atoms with Crippen LogP contribution in [0.4, 0.5) is 5.69 Å². The average Bonchev–Trinajstić information content (AvgIpc) is 2.15. The van der Waals surface area contributed by atoms with Gasteiger partial charge in [-0.3, -0.25) is 0 Å². The molecule has 1 aromatic carbocycles. The highest BCUT2D eigenvalue weighted by Crippen LogP contribution is 2.14. The number of benzene rings is 1. The fourth-order valence-electron chi connectivity index (χ4n) is 1.30. The van der Waals surface area contributed by atoms with Gasteiger partial charge in [0.2, 0.25) is 0 Å². The second-order valence-corrected chi connectivity index (χ2v) is 3.60. The van der Waals surface area contributed by atoms with E-state index in [-0.39, 0.29) is 0 Å². The first-order valence-electron chi connectivity index (χ1n) is 4.59. The molecule has 0 radical (unpaired) electrons. The largest absolute Gasteiger partial charge is 0.336 e. The van der Waals surface area contributed by atoms with Gasteiger partial charge in [-0.25, -0.2) is 0 Å². The Balaban J connectivity index is 2.82. The molecule has 0 bridgehead atoms. The number of thiocarbonyl (C=S) groups is 1. The quantitative estimate of drug-likeness (QED) is 0.678. The molecule has 0 amide bonds. The molecule has 2 heteroatoms. The van der Waals surface area contributed by atoms with E-state index in [9.17, 15) is 0 Å². The zero-order valence-corrected chi connectivity index (χ0v) is 8.97. The van der Waals surface area contributed by atoms with Gasteiger partial charge in [0, 0.05) is 12.2 Å². The van der Waals surface area contributed by atoms with E-state index in [1.54, 1.807) is 0 Å². The van der Waals surface area contributed by atoms with Crippen LogP contribution in [0.5, 0.6) is 0 Å². The lowest BCUT2D eigenvalue weighted by Crippen LogP contribution is -2.27. The van der Waals surface area contributed by atoms with Crippen LogP contribution in [0.1, 0.15) is 20.3 Å². The normalized spacial score (nSPS) is 9.69. The first kappa shape index (κ1) is 10.2. The molecule has 0 saturated heterocycles. The summed E-state index contributed by atoms with van der Waals surface area (Å²) in [6.45, 7) is 5.13. The van der Waals surface area contributed by atoms with Crippen LogP contribution in [-0.2, 0) is 0 Å². The van der Waals surface area contributed by atoms with Crippen molar-refractivity contribution in [2.75, 3.05) is 11.4 Å². The van der Waals surface area contributed by atoms with Gasteiger partial charge in [-0.2, -0.15) is 0 Å². The van der Waals surface area contributed by atoms with Crippen LogP contribution >= 0.6 is 12.2 Å². The van der Waals surface area contributed by atoms with Crippen LogP contribution in [0.25, 0.3) is 0 Å². The molecule has 1 nitrogen and oxygen atoms in total. The van der Waals surface area contributed by atoms with Gasteiger partial charge in [-0.1, -0.05) is 37.3 Å². The monoisotopic (exact) mass is 193 g/mol. The second kappa shape index (κ2) is 4.97. The van der Waals surface area contributed by atoms with E-state index in [1.165, 1.54) is 5.69 Å². The topological polar surface area (TPSA) is 3.24 Å². The van der Waals surface area contributed by atoms with Gasteiger partial charge in [0.15, 0.2) is 0 Å². The van der Waals surface area contributed by atoms with Gasteiger partial charge in [0.25, 0.3) is 0 Å². The highest BCUT2D eigenvalue weighted by Gasteiger charge is 2.05. The third kappa shape index (κ3) is 2.81. The summed E-state index contributed by atoms with van der Waals surface area (Å²) in [6.07, 6.45) is 1.11. The molecule has 0 aliphatic rings. The third-order valence-corrected chi connectivity index (χ3v) is 2.12. The minimum absolute atomic E-state index is 0.938. The van der Waals surface area contributed by atoms with Gasteiger partial charge in [-0.05, 0) is 25.5 Å². The molecule has 0 aliphatic heterocycles.